The minimum absolute atomic E-state index is 0.0582. The predicted octanol–water partition coefficient (Wildman–Crippen LogP) is 3.42. The summed E-state index contributed by atoms with van der Waals surface area (Å²) in [5.74, 6) is 0.972. The van der Waals surface area contributed by atoms with Gasteiger partial charge in [0.15, 0.2) is 0 Å². The molecule has 1 aromatic carbocycles. The van der Waals surface area contributed by atoms with Crippen LogP contribution in [0.3, 0.4) is 0 Å². The quantitative estimate of drug-likeness (QED) is 0.755. The number of carbonyl (C=O) groups excluding carboxylic acids is 2. The monoisotopic (exact) mass is 362 g/mol. The lowest BCUT2D eigenvalue weighted by atomic mass is 10.1. The number of hydrogen-bond donors (Lipinski definition) is 1. The maximum absolute atomic E-state index is 12.7. The fourth-order valence-electron chi connectivity index (χ4n) is 2.66. The van der Waals surface area contributed by atoms with Crippen molar-refractivity contribution in [3.63, 3.8) is 0 Å². The Labute approximate surface area is 153 Å². The van der Waals surface area contributed by atoms with Crippen LogP contribution in [0.1, 0.15) is 32.8 Å². The number of ether oxygens (including phenoxy) is 1. The maximum atomic E-state index is 12.7. The van der Waals surface area contributed by atoms with E-state index in [0.717, 1.165) is 17.7 Å². The first kappa shape index (κ1) is 19.5. The molecule has 0 aromatic heterocycles. The van der Waals surface area contributed by atoms with Crippen molar-refractivity contribution in [2.24, 2.45) is 0 Å². The third-order valence-corrected chi connectivity index (χ3v) is 4.97. The molecule has 0 radical (unpaired) electrons. The van der Waals surface area contributed by atoms with Crippen LogP contribution in [0.15, 0.2) is 35.9 Å². The molecule has 1 heterocycles. The summed E-state index contributed by atoms with van der Waals surface area (Å²) in [7, 11) is 0. The van der Waals surface area contributed by atoms with Crippen LogP contribution in [0.25, 0.3) is 0 Å². The van der Waals surface area contributed by atoms with E-state index < -0.39 is 6.04 Å². The van der Waals surface area contributed by atoms with Crippen molar-refractivity contribution in [2.45, 2.75) is 39.8 Å². The van der Waals surface area contributed by atoms with E-state index in [9.17, 15) is 9.59 Å². The molecule has 6 heteroatoms. The Hall–Kier alpha value is -1.79. The van der Waals surface area contributed by atoms with Crippen LogP contribution in [-0.2, 0) is 20.9 Å². The standard InChI is InChI=1S/C19H26N2O3S/c1-4-7-14(3)19(23)21-13-25-12-17(21)18(22)20-16-9-6-8-15(10-16)11-24-5-2/h6-10,17H,4-5,11-13H2,1-3H3,(H,20,22). The van der Waals surface area contributed by atoms with Gasteiger partial charge in [-0.05, 0) is 38.0 Å². The minimum Gasteiger partial charge on any atom is -0.377 e. The number of amides is 2. The van der Waals surface area contributed by atoms with Crippen molar-refractivity contribution in [3.8, 4) is 0 Å². The molecule has 0 bridgehead atoms. The topological polar surface area (TPSA) is 58.6 Å². The molecule has 1 aliphatic rings. The molecule has 1 fully saturated rings. The van der Waals surface area contributed by atoms with E-state index in [1.165, 1.54) is 0 Å². The van der Waals surface area contributed by atoms with E-state index in [0.29, 0.717) is 30.4 Å². The van der Waals surface area contributed by atoms with Gasteiger partial charge in [-0.2, -0.15) is 0 Å². The Morgan fingerprint density at radius 2 is 2.20 bits per heavy atom. The zero-order valence-corrected chi connectivity index (χ0v) is 15.9. The molecule has 2 amide bonds. The second kappa shape index (κ2) is 9.63. The van der Waals surface area contributed by atoms with Crippen molar-refractivity contribution < 1.29 is 14.3 Å². The van der Waals surface area contributed by atoms with E-state index in [4.69, 9.17) is 4.74 Å². The van der Waals surface area contributed by atoms with Gasteiger partial charge in [0.1, 0.15) is 6.04 Å². The molecule has 1 aliphatic heterocycles. The van der Waals surface area contributed by atoms with E-state index in [1.54, 1.807) is 23.6 Å². The van der Waals surface area contributed by atoms with Gasteiger partial charge in [0.05, 0.1) is 12.5 Å². The van der Waals surface area contributed by atoms with Crippen LogP contribution < -0.4 is 5.32 Å². The van der Waals surface area contributed by atoms with Crippen molar-refractivity contribution in [3.05, 3.63) is 41.5 Å². The zero-order chi connectivity index (χ0) is 18.2. The van der Waals surface area contributed by atoms with Crippen LogP contribution in [0.4, 0.5) is 5.69 Å². The number of allylic oxidation sites excluding steroid dienone is 1. The van der Waals surface area contributed by atoms with Gasteiger partial charge in [0.25, 0.3) is 5.91 Å². The van der Waals surface area contributed by atoms with Crippen LogP contribution in [0.2, 0.25) is 0 Å². The third kappa shape index (κ3) is 5.34. The lowest BCUT2D eigenvalue weighted by molar-refractivity contribution is -0.133. The molecule has 1 aromatic rings. The summed E-state index contributed by atoms with van der Waals surface area (Å²) in [6, 6.07) is 7.18. The number of benzene rings is 1. The van der Waals surface area contributed by atoms with Crippen LogP contribution in [0.5, 0.6) is 0 Å². The number of carbonyl (C=O) groups is 2. The van der Waals surface area contributed by atoms with Crippen LogP contribution in [-0.4, -0.2) is 41.0 Å². The number of rotatable bonds is 7. The summed E-state index contributed by atoms with van der Waals surface area (Å²) in [6.45, 7) is 6.92. The average molecular weight is 362 g/mol. The van der Waals surface area contributed by atoms with Gasteiger partial charge in [-0.1, -0.05) is 25.1 Å². The van der Waals surface area contributed by atoms with Gasteiger partial charge in [-0.3, -0.25) is 9.59 Å². The molecule has 136 valence electrons. The molecule has 0 saturated carbocycles. The SMILES string of the molecule is CCC=C(C)C(=O)N1CSCC1C(=O)Nc1cccc(COCC)c1. The van der Waals surface area contributed by atoms with Crippen molar-refractivity contribution in [1.29, 1.82) is 0 Å². The van der Waals surface area contributed by atoms with Crippen LogP contribution in [0, 0.1) is 0 Å². The number of thioether (sulfide) groups is 1. The number of nitrogens with one attached hydrogen (secondary N) is 1. The van der Waals surface area contributed by atoms with Crippen molar-refractivity contribution in [2.75, 3.05) is 23.6 Å². The predicted molar refractivity (Wildman–Crippen MR) is 102 cm³/mol. The summed E-state index contributed by atoms with van der Waals surface area (Å²) in [5.41, 5.74) is 2.43. The molecule has 0 aliphatic carbocycles. The highest BCUT2D eigenvalue weighted by Gasteiger charge is 2.35. The molecule has 25 heavy (non-hydrogen) atoms. The first-order chi connectivity index (χ1) is 12.1. The minimum atomic E-state index is -0.437. The Kier molecular flexibility index (Phi) is 7.52. The number of anilines is 1. The smallest absolute Gasteiger partial charge is 0.250 e. The van der Waals surface area contributed by atoms with Gasteiger partial charge in [0.2, 0.25) is 5.91 Å². The molecule has 1 unspecified atom stereocenters. The molecule has 0 spiro atoms. The lowest BCUT2D eigenvalue weighted by Crippen LogP contribution is -2.44. The summed E-state index contributed by atoms with van der Waals surface area (Å²) in [6.07, 6.45) is 2.71. The molecular weight excluding hydrogens is 336 g/mol. The van der Waals surface area contributed by atoms with E-state index in [1.807, 2.05) is 44.2 Å². The molecule has 5 nitrogen and oxygen atoms in total. The molecule has 1 atom stereocenters. The second-order valence-electron chi connectivity index (χ2n) is 5.91. The van der Waals surface area contributed by atoms with Crippen LogP contribution >= 0.6 is 11.8 Å². The largest absolute Gasteiger partial charge is 0.377 e. The Balaban J connectivity index is 2.04. The van der Waals surface area contributed by atoms with E-state index in [2.05, 4.69) is 5.32 Å². The zero-order valence-electron chi connectivity index (χ0n) is 15.1. The summed E-state index contributed by atoms with van der Waals surface area (Å²) in [5, 5.41) is 2.94. The fourth-order valence-corrected chi connectivity index (χ4v) is 3.82. The van der Waals surface area contributed by atoms with E-state index >= 15 is 0 Å². The van der Waals surface area contributed by atoms with Gasteiger partial charge >= 0.3 is 0 Å². The highest BCUT2D eigenvalue weighted by atomic mass is 32.2. The highest BCUT2D eigenvalue weighted by Crippen LogP contribution is 2.24. The first-order valence-electron chi connectivity index (χ1n) is 8.59. The van der Waals surface area contributed by atoms with Gasteiger partial charge in [0, 0.05) is 23.6 Å². The Bertz CT molecular complexity index is 645. The molecular formula is C19H26N2O3S. The maximum Gasteiger partial charge on any atom is 0.250 e. The molecule has 1 saturated heterocycles. The normalized spacial score (nSPS) is 17.6. The van der Waals surface area contributed by atoms with Gasteiger partial charge in [-0.25, -0.2) is 0 Å². The number of hydrogen-bond acceptors (Lipinski definition) is 4. The second-order valence-corrected chi connectivity index (χ2v) is 6.91. The molecule has 2 rings (SSSR count). The Morgan fingerprint density at radius 3 is 2.92 bits per heavy atom. The average Bonchev–Trinajstić information content (AvgIpc) is 3.09. The first-order valence-corrected chi connectivity index (χ1v) is 9.75. The van der Waals surface area contributed by atoms with E-state index in [-0.39, 0.29) is 11.8 Å². The van der Waals surface area contributed by atoms with Crippen molar-refractivity contribution >= 4 is 29.3 Å². The summed E-state index contributed by atoms with van der Waals surface area (Å²) in [4.78, 5) is 26.8. The fraction of sp³-hybridized carbons (Fsp3) is 0.474. The molecule has 1 N–H and O–H groups in total. The lowest BCUT2D eigenvalue weighted by Gasteiger charge is -2.23. The third-order valence-electron chi connectivity index (χ3n) is 3.96. The van der Waals surface area contributed by atoms with Gasteiger partial charge < -0.3 is 15.0 Å². The Morgan fingerprint density at radius 1 is 1.40 bits per heavy atom. The van der Waals surface area contributed by atoms with Crippen molar-refractivity contribution in [1.82, 2.24) is 4.90 Å². The number of nitrogens with zero attached hydrogens (tertiary/aromatic N) is 1. The summed E-state index contributed by atoms with van der Waals surface area (Å²) < 4.78 is 5.40. The van der Waals surface area contributed by atoms with Gasteiger partial charge in [-0.15, -0.1) is 11.8 Å². The summed E-state index contributed by atoms with van der Waals surface area (Å²) >= 11 is 1.60. The highest BCUT2D eigenvalue weighted by molar-refractivity contribution is 7.99.